The lowest BCUT2D eigenvalue weighted by Gasteiger charge is -2.06. The second-order valence-electron chi connectivity index (χ2n) is 3.74. The first-order valence-electron chi connectivity index (χ1n) is 5.74. The quantitative estimate of drug-likeness (QED) is 0.524. The molecule has 0 bridgehead atoms. The smallest absolute Gasteiger partial charge is 0.370 e. The Balaban J connectivity index is 2.12. The van der Waals surface area contributed by atoms with Gasteiger partial charge in [-0.05, 0) is 19.1 Å². The van der Waals surface area contributed by atoms with Crippen molar-refractivity contribution in [2.45, 2.75) is 13.3 Å². The number of nitrogens with zero attached hydrogens (tertiary/aromatic N) is 1. The van der Waals surface area contributed by atoms with Crippen molar-refractivity contribution in [3.05, 3.63) is 23.5 Å². The molecule has 0 unspecified atom stereocenters. The number of anilines is 1. The number of ether oxygens (including phenoxy) is 2. The number of carbonyl (C=O) groups is 1. The molecule has 1 aromatic carbocycles. The second kappa shape index (κ2) is 5.88. The highest BCUT2D eigenvalue weighted by Gasteiger charge is 2.19. The van der Waals surface area contributed by atoms with E-state index in [0.717, 1.165) is 0 Å². The summed E-state index contributed by atoms with van der Waals surface area (Å²) in [6.07, 6.45) is 0.506. The van der Waals surface area contributed by atoms with Crippen LogP contribution in [0.4, 0.5) is 10.1 Å². The average Bonchev–Trinajstić information content (AvgIpc) is 2.87. The number of hydrazone groups is 1. The lowest BCUT2D eigenvalue weighted by atomic mass is 10.1. The van der Waals surface area contributed by atoms with Gasteiger partial charge >= 0.3 is 5.97 Å². The molecule has 0 aromatic heterocycles. The van der Waals surface area contributed by atoms with Gasteiger partial charge in [-0.2, -0.15) is 5.10 Å². The first-order valence-corrected chi connectivity index (χ1v) is 6.11. The monoisotopic (exact) mass is 286 g/mol. The zero-order valence-electron chi connectivity index (χ0n) is 10.2. The molecule has 0 aliphatic carbocycles. The summed E-state index contributed by atoms with van der Waals surface area (Å²) in [5.74, 6) is -0.683. The van der Waals surface area contributed by atoms with Gasteiger partial charge in [0.05, 0.1) is 18.9 Å². The van der Waals surface area contributed by atoms with Crippen LogP contribution in [0.25, 0.3) is 0 Å². The molecule has 1 aliphatic rings. The maximum atomic E-state index is 14.0. The molecule has 1 aliphatic heterocycles. The number of nitrogens with one attached hydrogen (secondary N) is 1. The summed E-state index contributed by atoms with van der Waals surface area (Å²) in [6.45, 7) is 2.30. The summed E-state index contributed by atoms with van der Waals surface area (Å²) in [4.78, 5) is 11.2. The van der Waals surface area contributed by atoms with E-state index in [0.29, 0.717) is 24.3 Å². The van der Waals surface area contributed by atoms with Crippen molar-refractivity contribution in [3.63, 3.8) is 0 Å². The van der Waals surface area contributed by atoms with Crippen molar-refractivity contribution in [3.8, 4) is 5.75 Å². The van der Waals surface area contributed by atoms with Crippen LogP contribution in [0.1, 0.15) is 12.5 Å². The third-order valence-corrected chi connectivity index (χ3v) is 2.77. The molecule has 19 heavy (non-hydrogen) atoms. The molecule has 0 amide bonds. The maximum Gasteiger partial charge on any atom is 0.370 e. The molecule has 0 spiro atoms. The predicted molar refractivity (Wildman–Crippen MR) is 69.1 cm³/mol. The largest absolute Gasteiger partial charge is 0.493 e. The summed E-state index contributed by atoms with van der Waals surface area (Å²) in [6, 6.07) is 3.11. The number of halogens is 2. The van der Waals surface area contributed by atoms with Crippen LogP contribution in [0.15, 0.2) is 17.2 Å². The zero-order valence-corrected chi connectivity index (χ0v) is 11.0. The van der Waals surface area contributed by atoms with Crippen molar-refractivity contribution < 1.29 is 18.7 Å². The molecular formula is C12H12ClFN2O3. The maximum absolute atomic E-state index is 14.0. The van der Waals surface area contributed by atoms with Crippen molar-refractivity contribution in [2.24, 2.45) is 5.10 Å². The molecule has 0 radical (unpaired) electrons. The molecule has 102 valence electrons. The van der Waals surface area contributed by atoms with Crippen LogP contribution in [0.5, 0.6) is 5.75 Å². The predicted octanol–water partition coefficient (Wildman–Crippen LogP) is 2.29. The summed E-state index contributed by atoms with van der Waals surface area (Å²) in [5.41, 5.74) is 3.03. The van der Waals surface area contributed by atoms with Gasteiger partial charge in [0.15, 0.2) is 5.82 Å². The molecule has 0 saturated heterocycles. The Hall–Kier alpha value is -1.82. The van der Waals surface area contributed by atoms with Gasteiger partial charge in [-0.3, -0.25) is 5.43 Å². The number of fused-ring (bicyclic) bond motifs is 1. The Labute approximate surface area is 114 Å². The van der Waals surface area contributed by atoms with Crippen molar-refractivity contribution >= 4 is 28.4 Å². The van der Waals surface area contributed by atoms with Gasteiger partial charge in [0, 0.05) is 12.0 Å². The van der Waals surface area contributed by atoms with E-state index in [4.69, 9.17) is 16.3 Å². The van der Waals surface area contributed by atoms with Gasteiger partial charge in [0.1, 0.15) is 5.75 Å². The Morgan fingerprint density at radius 3 is 3.16 bits per heavy atom. The average molecular weight is 287 g/mol. The molecule has 1 aromatic rings. The van der Waals surface area contributed by atoms with Crippen molar-refractivity contribution in [1.82, 2.24) is 0 Å². The van der Waals surface area contributed by atoms with E-state index >= 15 is 0 Å². The van der Waals surface area contributed by atoms with Gasteiger partial charge in [-0.1, -0.05) is 11.6 Å². The molecule has 0 atom stereocenters. The zero-order chi connectivity index (χ0) is 13.8. The van der Waals surface area contributed by atoms with Crippen LogP contribution in [-0.4, -0.2) is 24.4 Å². The van der Waals surface area contributed by atoms with Gasteiger partial charge < -0.3 is 9.47 Å². The molecule has 7 heteroatoms. The molecule has 2 rings (SSSR count). The lowest BCUT2D eigenvalue weighted by Crippen LogP contribution is -2.13. The van der Waals surface area contributed by atoms with Crippen LogP contribution in [0, 0.1) is 5.82 Å². The highest BCUT2D eigenvalue weighted by Crippen LogP contribution is 2.31. The van der Waals surface area contributed by atoms with Gasteiger partial charge in [0.2, 0.25) is 5.17 Å². The minimum absolute atomic E-state index is 0.131. The Morgan fingerprint density at radius 2 is 2.42 bits per heavy atom. The number of rotatable bonds is 4. The number of hydrogen-bond acceptors (Lipinski definition) is 5. The minimum Gasteiger partial charge on any atom is -0.493 e. The Bertz CT molecular complexity index is 534. The van der Waals surface area contributed by atoms with E-state index in [1.54, 1.807) is 13.0 Å². The first-order chi connectivity index (χ1) is 9.13. The number of carbonyl (C=O) groups excluding carboxylic acids is 1. The molecular weight excluding hydrogens is 275 g/mol. The molecule has 0 fully saturated rings. The first kappa shape index (κ1) is 13.6. The number of benzene rings is 1. The normalized spacial score (nSPS) is 13.7. The molecule has 0 saturated carbocycles. The van der Waals surface area contributed by atoms with Gasteiger partial charge in [-0.25, -0.2) is 9.18 Å². The Kier molecular flexibility index (Phi) is 4.21. The van der Waals surface area contributed by atoms with E-state index < -0.39 is 17.0 Å². The van der Waals surface area contributed by atoms with E-state index in [2.05, 4.69) is 15.3 Å². The standard InChI is InChI=1S/C12H12ClFN2O3/c1-2-18-12(17)11(13)16-15-8-3-4-9-7(10(8)14)5-6-19-9/h3-4,15H,2,5-6H2,1H3/b16-11-. The summed E-state index contributed by atoms with van der Waals surface area (Å²) < 4.78 is 23.9. The topological polar surface area (TPSA) is 59.9 Å². The van der Waals surface area contributed by atoms with E-state index in [9.17, 15) is 9.18 Å². The van der Waals surface area contributed by atoms with Crippen LogP contribution in [-0.2, 0) is 16.0 Å². The van der Waals surface area contributed by atoms with E-state index in [1.165, 1.54) is 6.07 Å². The summed E-state index contributed by atoms with van der Waals surface area (Å²) >= 11 is 5.60. The third kappa shape index (κ3) is 2.96. The SMILES string of the molecule is CCOC(=O)/C(Cl)=N/Nc1ccc2c(c1F)CCO2. The lowest BCUT2D eigenvalue weighted by molar-refractivity contribution is -0.134. The van der Waals surface area contributed by atoms with Crippen molar-refractivity contribution in [1.29, 1.82) is 0 Å². The number of esters is 1. The molecule has 5 nitrogen and oxygen atoms in total. The van der Waals surface area contributed by atoms with Crippen LogP contribution >= 0.6 is 11.6 Å². The third-order valence-electron chi connectivity index (χ3n) is 2.53. The fourth-order valence-electron chi connectivity index (χ4n) is 1.67. The number of hydrogen-bond donors (Lipinski definition) is 1. The van der Waals surface area contributed by atoms with Gasteiger partial charge in [0.25, 0.3) is 0 Å². The molecule has 1 N–H and O–H groups in total. The van der Waals surface area contributed by atoms with E-state index in [-0.39, 0.29) is 12.3 Å². The summed E-state index contributed by atoms with van der Waals surface area (Å²) in [7, 11) is 0. The fourth-order valence-corrected chi connectivity index (χ4v) is 1.76. The molecule has 1 heterocycles. The van der Waals surface area contributed by atoms with Gasteiger partial charge in [-0.15, -0.1) is 0 Å². The highest BCUT2D eigenvalue weighted by molar-refractivity contribution is 6.82. The summed E-state index contributed by atoms with van der Waals surface area (Å²) in [5, 5.41) is 3.19. The second-order valence-corrected chi connectivity index (χ2v) is 4.10. The minimum atomic E-state index is -0.762. The fraction of sp³-hybridized carbons (Fsp3) is 0.333. The van der Waals surface area contributed by atoms with Crippen LogP contribution in [0.3, 0.4) is 0 Å². The van der Waals surface area contributed by atoms with Crippen LogP contribution in [0.2, 0.25) is 0 Å². The van der Waals surface area contributed by atoms with Crippen LogP contribution < -0.4 is 10.2 Å². The Morgan fingerprint density at radius 1 is 1.63 bits per heavy atom. The van der Waals surface area contributed by atoms with E-state index in [1.807, 2.05) is 0 Å². The highest BCUT2D eigenvalue weighted by atomic mass is 35.5. The van der Waals surface area contributed by atoms with Crippen molar-refractivity contribution in [2.75, 3.05) is 18.6 Å².